The number of likely N-dealkylation sites (tertiary alicyclic amines) is 2. The molecule has 262 valence electrons. The molecule has 0 saturated carbocycles. The van der Waals surface area contributed by atoms with E-state index < -0.39 is 17.7 Å². The quantitative estimate of drug-likeness (QED) is 0.186. The Bertz CT molecular complexity index is 1210. The SMILES string of the molecule is CC(C)(C)OC(=O)C[N+]1(CC2CN(C(=O)OC(C)(C)C)C2)CCC(C(=O)N2CCN(C(=O)OCc3ccccc3)CC2)CC1.O=C[O-]. The van der Waals surface area contributed by atoms with Gasteiger partial charge in [0.15, 0.2) is 6.54 Å². The van der Waals surface area contributed by atoms with E-state index in [2.05, 4.69) is 0 Å². The zero-order valence-electron chi connectivity index (χ0n) is 28.8. The number of piperidine rings is 1. The van der Waals surface area contributed by atoms with Crippen molar-refractivity contribution in [2.24, 2.45) is 11.8 Å². The molecule has 1 aromatic carbocycles. The van der Waals surface area contributed by atoms with Crippen molar-refractivity contribution in [1.29, 1.82) is 0 Å². The number of nitrogens with zero attached hydrogens (tertiary/aromatic N) is 4. The van der Waals surface area contributed by atoms with Gasteiger partial charge >= 0.3 is 18.2 Å². The highest BCUT2D eigenvalue weighted by atomic mass is 16.6. The van der Waals surface area contributed by atoms with Gasteiger partial charge in [0.05, 0.1) is 19.6 Å². The predicted molar refractivity (Wildman–Crippen MR) is 170 cm³/mol. The Hall–Kier alpha value is -3.87. The van der Waals surface area contributed by atoms with Gasteiger partial charge in [0, 0.05) is 70.4 Å². The van der Waals surface area contributed by atoms with E-state index in [9.17, 15) is 19.2 Å². The minimum atomic E-state index is -0.574. The molecule has 3 saturated heterocycles. The van der Waals surface area contributed by atoms with Gasteiger partial charge in [-0.05, 0) is 47.1 Å². The van der Waals surface area contributed by atoms with Crippen molar-refractivity contribution in [3.05, 3.63) is 35.9 Å². The number of quaternary nitrogens is 1. The Morgan fingerprint density at radius 3 is 1.89 bits per heavy atom. The van der Waals surface area contributed by atoms with E-state index in [1.807, 2.05) is 76.8 Å². The van der Waals surface area contributed by atoms with Crippen molar-refractivity contribution in [2.75, 3.05) is 65.4 Å². The van der Waals surface area contributed by atoms with Gasteiger partial charge in [-0.2, -0.15) is 0 Å². The zero-order valence-corrected chi connectivity index (χ0v) is 28.8. The Kier molecular flexibility index (Phi) is 13.0. The molecule has 0 N–H and O–H groups in total. The maximum Gasteiger partial charge on any atom is 0.410 e. The molecule has 47 heavy (non-hydrogen) atoms. The van der Waals surface area contributed by atoms with Crippen LogP contribution in [-0.2, 0) is 35.2 Å². The first kappa shape index (κ1) is 37.6. The molecule has 3 amide bonds. The third kappa shape index (κ3) is 12.0. The van der Waals surface area contributed by atoms with Gasteiger partial charge in [-0.25, -0.2) is 14.4 Å². The summed E-state index contributed by atoms with van der Waals surface area (Å²) in [7, 11) is 0. The van der Waals surface area contributed by atoms with Gasteiger partial charge in [0.2, 0.25) is 5.91 Å². The molecule has 0 spiro atoms. The smallest absolute Gasteiger partial charge is 0.410 e. The minimum absolute atomic E-state index is 0.115. The summed E-state index contributed by atoms with van der Waals surface area (Å²) in [6.45, 7) is 16.4. The monoisotopic (exact) mass is 660 g/mol. The molecule has 0 unspecified atom stereocenters. The predicted octanol–water partition coefficient (Wildman–Crippen LogP) is 2.27. The van der Waals surface area contributed by atoms with Crippen molar-refractivity contribution in [3.63, 3.8) is 0 Å². The highest BCUT2D eigenvalue weighted by Crippen LogP contribution is 2.31. The van der Waals surface area contributed by atoms with Crippen molar-refractivity contribution in [1.82, 2.24) is 14.7 Å². The Balaban J connectivity index is 0.00000192. The number of carbonyl (C=O) groups excluding carboxylic acids is 5. The number of amides is 3. The summed E-state index contributed by atoms with van der Waals surface area (Å²) >= 11 is 0. The summed E-state index contributed by atoms with van der Waals surface area (Å²) in [6.07, 6.45) is 0.706. The van der Waals surface area contributed by atoms with Gasteiger partial charge in [0.1, 0.15) is 17.8 Å². The third-order valence-corrected chi connectivity index (χ3v) is 8.45. The van der Waals surface area contributed by atoms with Crippen LogP contribution in [-0.4, -0.2) is 126 Å². The molecule has 3 fully saturated rings. The lowest BCUT2D eigenvalue weighted by Crippen LogP contribution is -2.64. The largest absolute Gasteiger partial charge is 0.554 e. The molecule has 0 bridgehead atoms. The molecule has 13 heteroatoms. The van der Waals surface area contributed by atoms with E-state index in [0.29, 0.717) is 69.7 Å². The van der Waals surface area contributed by atoms with Crippen LogP contribution in [0.4, 0.5) is 9.59 Å². The highest BCUT2D eigenvalue weighted by molar-refractivity contribution is 5.79. The summed E-state index contributed by atoms with van der Waals surface area (Å²) in [6, 6.07) is 9.57. The van der Waals surface area contributed by atoms with Gasteiger partial charge < -0.3 is 43.3 Å². The topological polar surface area (TPSA) is 146 Å². The Labute approximate surface area is 278 Å². The highest BCUT2D eigenvalue weighted by Gasteiger charge is 2.45. The first-order chi connectivity index (χ1) is 22.0. The molecular weight excluding hydrogens is 608 g/mol. The second-order valence-corrected chi connectivity index (χ2v) is 14.7. The number of carbonyl (C=O) groups is 5. The fourth-order valence-corrected chi connectivity index (χ4v) is 6.30. The minimum Gasteiger partial charge on any atom is -0.554 e. The summed E-state index contributed by atoms with van der Waals surface area (Å²) in [5.41, 5.74) is -0.180. The number of benzene rings is 1. The molecule has 0 radical (unpaired) electrons. The summed E-state index contributed by atoms with van der Waals surface area (Å²) in [4.78, 5) is 65.0. The van der Waals surface area contributed by atoms with Crippen LogP contribution in [0.3, 0.4) is 0 Å². The lowest BCUT2D eigenvalue weighted by molar-refractivity contribution is -0.930. The van der Waals surface area contributed by atoms with E-state index in [1.54, 1.807) is 9.80 Å². The number of ether oxygens (including phenoxy) is 3. The Morgan fingerprint density at radius 2 is 1.36 bits per heavy atom. The van der Waals surface area contributed by atoms with Gasteiger partial charge in [-0.15, -0.1) is 0 Å². The van der Waals surface area contributed by atoms with Crippen LogP contribution in [0.1, 0.15) is 59.9 Å². The van der Waals surface area contributed by atoms with Gasteiger partial charge in [-0.3, -0.25) is 4.79 Å². The maximum atomic E-state index is 13.5. The average molecular weight is 661 g/mol. The van der Waals surface area contributed by atoms with Crippen LogP contribution in [0.25, 0.3) is 0 Å². The zero-order chi connectivity index (χ0) is 34.8. The maximum absolute atomic E-state index is 13.5. The molecule has 13 nitrogen and oxygen atoms in total. The van der Waals surface area contributed by atoms with E-state index in [1.165, 1.54) is 0 Å². The van der Waals surface area contributed by atoms with Gasteiger partial charge in [0.25, 0.3) is 0 Å². The van der Waals surface area contributed by atoms with Crippen LogP contribution in [0.2, 0.25) is 0 Å². The van der Waals surface area contributed by atoms with Crippen molar-refractivity contribution in [3.8, 4) is 0 Å². The molecule has 3 heterocycles. The van der Waals surface area contributed by atoms with E-state index in [-0.39, 0.29) is 49.1 Å². The third-order valence-electron chi connectivity index (χ3n) is 8.45. The van der Waals surface area contributed by atoms with Crippen molar-refractivity contribution >= 4 is 30.5 Å². The number of piperazine rings is 1. The molecule has 4 rings (SSSR count). The number of esters is 1. The number of hydrogen-bond donors (Lipinski definition) is 0. The number of carboxylic acid groups (broad SMARTS) is 1. The lowest BCUT2D eigenvalue weighted by atomic mass is 9.90. The normalized spacial score (nSPS) is 21.8. The van der Waals surface area contributed by atoms with Crippen molar-refractivity contribution in [2.45, 2.75) is 72.2 Å². The Morgan fingerprint density at radius 1 is 0.830 bits per heavy atom. The number of rotatable bonds is 7. The fraction of sp³-hybridized carbons (Fsp3) is 0.676. The fourth-order valence-electron chi connectivity index (χ4n) is 6.30. The average Bonchev–Trinajstić information content (AvgIpc) is 2.97. The molecule has 0 aromatic heterocycles. The molecule has 1 aromatic rings. The summed E-state index contributed by atoms with van der Waals surface area (Å²) < 4.78 is 17.2. The standard InChI is InChI=1S/C33H51N4O7.CH2O2/c1-32(2,3)43-28(38)23-37(22-26-20-36(21-26)31(41)44-33(4,5)6)18-12-27(13-19-37)29(39)34-14-16-35(17-15-34)30(40)42-24-25-10-8-7-9-11-25;2-1-3/h7-11,26-27H,12-24H2,1-6H3;1H,(H,2,3)/q+1;/p-1. The van der Waals surface area contributed by atoms with E-state index >= 15 is 0 Å². The van der Waals surface area contributed by atoms with Crippen LogP contribution in [0, 0.1) is 11.8 Å². The van der Waals surface area contributed by atoms with Crippen LogP contribution in [0.5, 0.6) is 0 Å². The molecule has 0 atom stereocenters. The van der Waals surface area contributed by atoms with Crippen LogP contribution in [0.15, 0.2) is 30.3 Å². The lowest BCUT2D eigenvalue weighted by Gasteiger charge is -2.49. The van der Waals surface area contributed by atoms with Gasteiger partial charge in [-0.1, -0.05) is 30.3 Å². The second-order valence-electron chi connectivity index (χ2n) is 14.7. The van der Waals surface area contributed by atoms with Crippen LogP contribution >= 0.6 is 0 Å². The van der Waals surface area contributed by atoms with Crippen LogP contribution < -0.4 is 5.11 Å². The second kappa shape index (κ2) is 16.3. The molecule has 3 aliphatic heterocycles. The summed E-state index contributed by atoms with van der Waals surface area (Å²) in [5, 5.41) is 8.25. The molecule has 0 aliphatic carbocycles. The molecule has 3 aliphatic rings. The van der Waals surface area contributed by atoms with E-state index in [4.69, 9.17) is 24.1 Å². The van der Waals surface area contributed by atoms with E-state index in [0.717, 1.165) is 12.1 Å². The first-order valence-corrected chi connectivity index (χ1v) is 16.4. The molecular formula is C34H52N4O9. The summed E-state index contributed by atoms with van der Waals surface area (Å²) in [5.74, 6) is 0.0287. The first-order valence-electron chi connectivity index (χ1n) is 16.4. The number of hydrogen-bond acceptors (Lipinski definition) is 9. The van der Waals surface area contributed by atoms with Crippen molar-refractivity contribution < 1.29 is 47.8 Å².